The molecule has 0 spiro atoms. The van der Waals surface area contributed by atoms with Crippen molar-refractivity contribution in [1.29, 1.82) is 0 Å². The highest BCUT2D eigenvalue weighted by molar-refractivity contribution is 6.42. The molecule has 8 heteroatoms. The van der Waals surface area contributed by atoms with Gasteiger partial charge in [0.05, 0.1) is 34.3 Å². The summed E-state index contributed by atoms with van der Waals surface area (Å²) in [5, 5.41) is 5.64. The van der Waals surface area contributed by atoms with Crippen molar-refractivity contribution in [3.63, 3.8) is 0 Å². The zero-order chi connectivity index (χ0) is 18.5. The number of carbonyl (C=O) groups excluding carboxylic acids is 1. The van der Waals surface area contributed by atoms with Crippen LogP contribution in [0.2, 0.25) is 10.0 Å². The van der Waals surface area contributed by atoms with E-state index in [9.17, 15) is 4.79 Å². The number of aromatic amines is 1. The fourth-order valence-electron chi connectivity index (χ4n) is 3.96. The minimum absolute atomic E-state index is 0.0463. The van der Waals surface area contributed by atoms with E-state index in [0.717, 1.165) is 54.1 Å². The van der Waals surface area contributed by atoms with Gasteiger partial charge >= 0.3 is 0 Å². The van der Waals surface area contributed by atoms with Gasteiger partial charge in [-0.25, -0.2) is 4.98 Å². The van der Waals surface area contributed by atoms with E-state index in [1.165, 1.54) is 0 Å². The number of carbonyl (C=O) groups is 1. The van der Waals surface area contributed by atoms with Crippen molar-refractivity contribution in [3.8, 4) is 11.4 Å². The van der Waals surface area contributed by atoms with Crippen molar-refractivity contribution in [1.82, 2.24) is 24.6 Å². The van der Waals surface area contributed by atoms with Crippen LogP contribution in [-0.4, -0.2) is 37.1 Å². The van der Waals surface area contributed by atoms with Gasteiger partial charge in [0.25, 0.3) is 5.91 Å². The maximum atomic E-state index is 13.0. The largest absolute Gasteiger partial charge is 0.348 e. The molecular formula is C19H17Cl2N5O. The van der Waals surface area contributed by atoms with E-state index in [-0.39, 0.29) is 5.91 Å². The molecular weight excluding hydrogens is 385 g/mol. The SMILES string of the molecule is O=C(c1ccc(Cl)c(Cl)c1)N1CCc2nn3c(c2C1)-c1nc[nH]c1CCC3. The molecule has 138 valence electrons. The summed E-state index contributed by atoms with van der Waals surface area (Å²) in [6.07, 6.45) is 4.46. The molecule has 0 radical (unpaired) electrons. The number of rotatable bonds is 1. The molecule has 0 bridgehead atoms. The number of H-pyrrole nitrogens is 1. The van der Waals surface area contributed by atoms with Crippen molar-refractivity contribution >= 4 is 29.1 Å². The lowest BCUT2D eigenvalue weighted by Crippen LogP contribution is -2.36. The smallest absolute Gasteiger partial charge is 0.254 e. The molecule has 27 heavy (non-hydrogen) atoms. The van der Waals surface area contributed by atoms with Gasteiger partial charge in [-0.05, 0) is 31.0 Å². The molecule has 2 aliphatic rings. The number of fused-ring (bicyclic) bond motifs is 5. The number of halogens is 2. The first-order valence-corrected chi connectivity index (χ1v) is 9.73. The average molecular weight is 402 g/mol. The summed E-state index contributed by atoms with van der Waals surface area (Å²) in [5.41, 5.74) is 5.87. The lowest BCUT2D eigenvalue weighted by molar-refractivity contribution is 0.0734. The number of benzene rings is 1. The molecule has 1 N–H and O–H groups in total. The third kappa shape index (κ3) is 2.75. The second-order valence-electron chi connectivity index (χ2n) is 6.94. The molecule has 0 atom stereocenters. The number of amides is 1. The Hall–Kier alpha value is -2.31. The quantitative estimate of drug-likeness (QED) is 0.675. The Labute approximate surface area is 166 Å². The molecule has 1 aromatic carbocycles. The minimum Gasteiger partial charge on any atom is -0.348 e. The molecule has 5 rings (SSSR count). The van der Waals surface area contributed by atoms with E-state index in [0.29, 0.717) is 28.7 Å². The standard InChI is InChI=1S/C19H17Cl2N5O/c20-13-4-3-11(8-14(13)21)19(27)25-7-5-15-12(9-25)18-17-16(22-10-23-17)2-1-6-26(18)24-15/h3-4,8,10H,1-2,5-7,9H2,(H,22,23). The van der Waals surface area contributed by atoms with Crippen LogP contribution in [0.5, 0.6) is 0 Å². The number of hydrogen-bond donors (Lipinski definition) is 1. The monoisotopic (exact) mass is 401 g/mol. The van der Waals surface area contributed by atoms with Gasteiger partial charge in [0, 0.05) is 36.3 Å². The normalized spacial score (nSPS) is 15.7. The lowest BCUT2D eigenvalue weighted by atomic mass is 10.0. The first-order chi connectivity index (χ1) is 13.1. The van der Waals surface area contributed by atoms with Crippen LogP contribution in [0.25, 0.3) is 11.4 Å². The summed E-state index contributed by atoms with van der Waals surface area (Å²) in [7, 11) is 0. The van der Waals surface area contributed by atoms with Crippen LogP contribution in [-0.2, 0) is 25.9 Å². The van der Waals surface area contributed by atoms with E-state index in [1.54, 1.807) is 24.5 Å². The Balaban J connectivity index is 1.51. The summed E-state index contributed by atoms with van der Waals surface area (Å²) in [6.45, 7) is 2.03. The molecule has 2 aromatic heterocycles. The van der Waals surface area contributed by atoms with Gasteiger partial charge in [-0.15, -0.1) is 0 Å². The summed E-state index contributed by atoms with van der Waals surface area (Å²) in [5.74, 6) is -0.0463. The van der Waals surface area contributed by atoms with Crippen LogP contribution in [0.1, 0.15) is 33.7 Å². The number of aryl methyl sites for hydroxylation is 2. The van der Waals surface area contributed by atoms with Crippen LogP contribution >= 0.6 is 23.2 Å². The minimum atomic E-state index is -0.0463. The molecule has 6 nitrogen and oxygen atoms in total. The molecule has 0 saturated carbocycles. The molecule has 0 fully saturated rings. The second kappa shape index (κ2) is 6.39. The van der Waals surface area contributed by atoms with Gasteiger partial charge in [-0.2, -0.15) is 5.10 Å². The van der Waals surface area contributed by atoms with E-state index in [1.807, 2.05) is 4.90 Å². The Morgan fingerprint density at radius 3 is 2.89 bits per heavy atom. The average Bonchev–Trinajstić information content (AvgIpc) is 3.23. The number of hydrogen-bond acceptors (Lipinski definition) is 3. The van der Waals surface area contributed by atoms with Gasteiger partial charge in [0.15, 0.2) is 0 Å². The Bertz CT molecular complexity index is 1050. The Kier molecular flexibility index (Phi) is 3.98. The van der Waals surface area contributed by atoms with Crippen molar-refractivity contribution in [3.05, 3.63) is 57.1 Å². The maximum Gasteiger partial charge on any atom is 0.254 e. The zero-order valence-corrected chi connectivity index (χ0v) is 16.0. The van der Waals surface area contributed by atoms with E-state index in [4.69, 9.17) is 28.3 Å². The predicted octanol–water partition coefficient (Wildman–Crippen LogP) is 3.72. The number of nitrogens with zero attached hydrogens (tertiary/aromatic N) is 4. The summed E-state index contributed by atoms with van der Waals surface area (Å²) < 4.78 is 2.06. The third-order valence-corrected chi connectivity index (χ3v) is 6.03. The lowest BCUT2D eigenvalue weighted by Gasteiger charge is -2.27. The van der Waals surface area contributed by atoms with Crippen LogP contribution in [0.15, 0.2) is 24.5 Å². The van der Waals surface area contributed by atoms with Crippen LogP contribution in [0, 0.1) is 0 Å². The highest BCUT2D eigenvalue weighted by Gasteiger charge is 2.31. The van der Waals surface area contributed by atoms with Gasteiger partial charge < -0.3 is 9.88 Å². The van der Waals surface area contributed by atoms with E-state index < -0.39 is 0 Å². The van der Waals surface area contributed by atoms with Gasteiger partial charge in [-0.1, -0.05) is 23.2 Å². The molecule has 0 unspecified atom stereocenters. The first kappa shape index (κ1) is 16.8. The molecule has 0 saturated heterocycles. The molecule has 1 amide bonds. The predicted molar refractivity (Wildman–Crippen MR) is 103 cm³/mol. The van der Waals surface area contributed by atoms with Crippen molar-refractivity contribution < 1.29 is 4.79 Å². The van der Waals surface area contributed by atoms with E-state index >= 15 is 0 Å². The third-order valence-electron chi connectivity index (χ3n) is 5.29. The van der Waals surface area contributed by atoms with Crippen molar-refractivity contribution in [2.24, 2.45) is 0 Å². The Morgan fingerprint density at radius 2 is 2.04 bits per heavy atom. The van der Waals surface area contributed by atoms with Gasteiger partial charge in [-0.3, -0.25) is 9.48 Å². The van der Waals surface area contributed by atoms with Gasteiger partial charge in [0.1, 0.15) is 5.69 Å². The van der Waals surface area contributed by atoms with Crippen molar-refractivity contribution in [2.75, 3.05) is 6.54 Å². The molecule has 4 heterocycles. The summed E-state index contributed by atoms with van der Waals surface area (Å²) in [6, 6.07) is 5.01. The van der Waals surface area contributed by atoms with Crippen LogP contribution < -0.4 is 0 Å². The fraction of sp³-hybridized carbons (Fsp3) is 0.316. The zero-order valence-electron chi connectivity index (χ0n) is 14.5. The molecule has 3 aromatic rings. The van der Waals surface area contributed by atoms with Crippen LogP contribution in [0.3, 0.4) is 0 Å². The summed E-state index contributed by atoms with van der Waals surface area (Å²) >= 11 is 12.1. The first-order valence-electron chi connectivity index (χ1n) is 8.97. The highest BCUT2D eigenvalue weighted by atomic mass is 35.5. The second-order valence-corrected chi connectivity index (χ2v) is 7.75. The number of nitrogens with one attached hydrogen (secondary N) is 1. The highest BCUT2D eigenvalue weighted by Crippen LogP contribution is 2.34. The molecule has 2 aliphatic heterocycles. The molecule has 0 aliphatic carbocycles. The van der Waals surface area contributed by atoms with Gasteiger partial charge in [0.2, 0.25) is 0 Å². The maximum absolute atomic E-state index is 13.0. The number of aromatic nitrogens is 4. The number of imidazole rings is 1. The van der Waals surface area contributed by atoms with Crippen molar-refractivity contribution in [2.45, 2.75) is 32.4 Å². The van der Waals surface area contributed by atoms with Crippen LogP contribution in [0.4, 0.5) is 0 Å². The topological polar surface area (TPSA) is 66.8 Å². The summed E-state index contributed by atoms with van der Waals surface area (Å²) in [4.78, 5) is 22.6. The fourth-order valence-corrected chi connectivity index (χ4v) is 4.26. The Morgan fingerprint density at radius 1 is 1.15 bits per heavy atom. The van der Waals surface area contributed by atoms with E-state index in [2.05, 4.69) is 14.6 Å².